The van der Waals surface area contributed by atoms with E-state index in [9.17, 15) is 0 Å². The SMILES string of the molecule is CCC1CC1c1ccc2nccc(C)c2c1. The largest absolute Gasteiger partial charge is 0.256 e. The molecular formula is C15H17N. The van der Waals surface area contributed by atoms with E-state index in [2.05, 4.69) is 43.1 Å². The number of aryl methyl sites for hydroxylation is 1. The van der Waals surface area contributed by atoms with Crippen LogP contribution >= 0.6 is 0 Å². The maximum absolute atomic E-state index is 4.40. The summed E-state index contributed by atoms with van der Waals surface area (Å²) < 4.78 is 0. The molecule has 1 fully saturated rings. The molecule has 0 bridgehead atoms. The van der Waals surface area contributed by atoms with Gasteiger partial charge in [0.25, 0.3) is 0 Å². The number of nitrogens with zero attached hydrogens (tertiary/aromatic N) is 1. The first-order valence-electron chi connectivity index (χ1n) is 6.15. The van der Waals surface area contributed by atoms with Crippen molar-refractivity contribution in [2.45, 2.75) is 32.6 Å². The Labute approximate surface area is 96.5 Å². The van der Waals surface area contributed by atoms with Gasteiger partial charge in [0.2, 0.25) is 0 Å². The topological polar surface area (TPSA) is 12.9 Å². The van der Waals surface area contributed by atoms with Crippen LogP contribution in [0.5, 0.6) is 0 Å². The van der Waals surface area contributed by atoms with Gasteiger partial charge in [-0.3, -0.25) is 4.98 Å². The Morgan fingerprint density at radius 3 is 2.94 bits per heavy atom. The van der Waals surface area contributed by atoms with Gasteiger partial charge in [-0.2, -0.15) is 0 Å². The maximum atomic E-state index is 4.40. The van der Waals surface area contributed by atoms with E-state index in [0.717, 1.165) is 17.4 Å². The smallest absolute Gasteiger partial charge is 0.0704 e. The summed E-state index contributed by atoms with van der Waals surface area (Å²) in [4.78, 5) is 4.40. The van der Waals surface area contributed by atoms with Gasteiger partial charge in [0.15, 0.2) is 0 Å². The van der Waals surface area contributed by atoms with Crippen LogP contribution in [-0.2, 0) is 0 Å². The molecule has 2 unspecified atom stereocenters. The fourth-order valence-electron chi connectivity index (χ4n) is 2.64. The summed E-state index contributed by atoms with van der Waals surface area (Å²) in [5.74, 6) is 1.74. The van der Waals surface area contributed by atoms with E-state index >= 15 is 0 Å². The molecule has 1 heterocycles. The van der Waals surface area contributed by atoms with Gasteiger partial charge in [-0.25, -0.2) is 0 Å². The number of benzene rings is 1. The third kappa shape index (κ3) is 1.51. The molecule has 0 spiro atoms. The first-order chi connectivity index (χ1) is 7.79. The molecule has 0 aliphatic heterocycles. The maximum Gasteiger partial charge on any atom is 0.0704 e. The molecule has 0 saturated heterocycles. The van der Waals surface area contributed by atoms with E-state index in [1.54, 1.807) is 0 Å². The number of rotatable bonds is 2. The zero-order valence-corrected chi connectivity index (χ0v) is 9.90. The quantitative estimate of drug-likeness (QED) is 0.730. The minimum Gasteiger partial charge on any atom is -0.256 e. The van der Waals surface area contributed by atoms with Crippen LogP contribution < -0.4 is 0 Å². The summed E-state index contributed by atoms with van der Waals surface area (Å²) in [6.45, 7) is 4.45. The third-order valence-electron chi connectivity index (χ3n) is 3.86. The van der Waals surface area contributed by atoms with Crippen LogP contribution in [0.4, 0.5) is 0 Å². The zero-order chi connectivity index (χ0) is 11.1. The van der Waals surface area contributed by atoms with Crippen LogP contribution in [-0.4, -0.2) is 4.98 Å². The molecule has 0 N–H and O–H groups in total. The van der Waals surface area contributed by atoms with Crippen LogP contribution in [0.1, 0.15) is 36.8 Å². The van der Waals surface area contributed by atoms with Gasteiger partial charge in [0.1, 0.15) is 0 Å². The highest BCUT2D eigenvalue weighted by Gasteiger charge is 2.36. The molecule has 16 heavy (non-hydrogen) atoms. The fraction of sp³-hybridized carbons (Fsp3) is 0.400. The van der Waals surface area contributed by atoms with Crippen LogP contribution in [0, 0.1) is 12.8 Å². The second kappa shape index (κ2) is 3.58. The van der Waals surface area contributed by atoms with Crippen molar-refractivity contribution in [2.24, 2.45) is 5.92 Å². The van der Waals surface area contributed by atoms with E-state index in [-0.39, 0.29) is 0 Å². The normalized spacial score (nSPS) is 23.6. The Hall–Kier alpha value is -1.37. The molecule has 2 aromatic rings. The Morgan fingerprint density at radius 2 is 2.19 bits per heavy atom. The van der Waals surface area contributed by atoms with Crippen molar-refractivity contribution in [3.63, 3.8) is 0 Å². The molecule has 1 saturated carbocycles. The number of hydrogen-bond donors (Lipinski definition) is 0. The first-order valence-corrected chi connectivity index (χ1v) is 6.15. The van der Waals surface area contributed by atoms with Crippen molar-refractivity contribution in [3.05, 3.63) is 41.6 Å². The minimum atomic E-state index is 0.814. The monoisotopic (exact) mass is 211 g/mol. The fourth-order valence-corrected chi connectivity index (χ4v) is 2.64. The summed E-state index contributed by atoms with van der Waals surface area (Å²) in [6, 6.07) is 8.87. The molecule has 0 radical (unpaired) electrons. The molecule has 1 aliphatic rings. The molecule has 1 heteroatoms. The second-order valence-corrected chi connectivity index (χ2v) is 4.91. The highest BCUT2D eigenvalue weighted by atomic mass is 14.6. The van der Waals surface area contributed by atoms with Crippen molar-refractivity contribution < 1.29 is 0 Å². The zero-order valence-electron chi connectivity index (χ0n) is 9.90. The predicted octanol–water partition coefficient (Wildman–Crippen LogP) is 4.06. The van der Waals surface area contributed by atoms with E-state index in [4.69, 9.17) is 0 Å². The standard InChI is InChI=1S/C15H17N/c1-3-11-8-14(11)12-4-5-15-13(9-12)10(2)6-7-16-15/h4-7,9,11,14H,3,8H2,1-2H3. The number of fused-ring (bicyclic) bond motifs is 1. The van der Waals surface area contributed by atoms with E-state index in [0.29, 0.717) is 0 Å². The molecule has 2 atom stereocenters. The van der Waals surface area contributed by atoms with Gasteiger partial charge < -0.3 is 0 Å². The van der Waals surface area contributed by atoms with Gasteiger partial charge in [0.05, 0.1) is 5.52 Å². The summed E-state index contributed by atoms with van der Waals surface area (Å²) >= 11 is 0. The predicted molar refractivity (Wildman–Crippen MR) is 67.6 cm³/mol. The average molecular weight is 211 g/mol. The van der Waals surface area contributed by atoms with Crippen molar-refractivity contribution >= 4 is 10.9 Å². The van der Waals surface area contributed by atoms with Crippen molar-refractivity contribution in [1.82, 2.24) is 4.98 Å². The summed E-state index contributed by atoms with van der Waals surface area (Å²) in [5.41, 5.74) is 3.97. The highest BCUT2D eigenvalue weighted by Crippen LogP contribution is 2.49. The Kier molecular flexibility index (Phi) is 2.20. The number of aromatic nitrogens is 1. The average Bonchev–Trinajstić information content (AvgIpc) is 3.08. The van der Waals surface area contributed by atoms with E-state index in [1.165, 1.54) is 29.4 Å². The Bertz CT molecular complexity index is 530. The summed E-state index contributed by atoms with van der Waals surface area (Å²) in [7, 11) is 0. The molecule has 3 rings (SSSR count). The van der Waals surface area contributed by atoms with Crippen molar-refractivity contribution in [2.75, 3.05) is 0 Å². The molecule has 1 aromatic carbocycles. The Morgan fingerprint density at radius 1 is 1.31 bits per heavy atom. The van der Waals surface area contributed by atoms with E-state index < -0.39 is 0 Å². The van der Waals surface area contributed by atoms with E-state index in [1.807, 2.05) is 6.20 Å². The van der Waals surface area contributed by atoms with Crippen LogP contribution in [0.25, 0.3) is 10.9 Å². The lowest BCUT2D eigenvalue weighted by molar-refractivity contribution is 0.766. The second-order valence-electron chi connectivity index (χ2n) is 4.91. The van der Waals surface area contributed by atoms with Gasteiger partial charge in [0, 0.05) is 11.6 Å². The highest BCUT2D eigenvalue weighted by molar-refractivity contribution is 5.82. The molecule has 0 amide bonds. The molecular weight excluding hydrogens is 194 g/mol. The van der Waals surface area contributed by atoms with Crippen LogP contribution in [0.3, 0.4) is 0 Å². The number of pyridine rings is 1. The van der Waals surface area contributed by atoms with Crippen LogP contribution in [0.2, 0.25) is 0 Å². The number of hydrogen-bond acceptors (Lipinski definition) is 1. The molecule has 1 nitrogen and oxygen atoms in total. The molecule has 1 aromatic heterocycles. The third-order valence-corrected chi connectivity index (χ3v) is 3.86. The van der Waals surface area contributed by atoms with Gasteiger partial charge in [-0.15, -0.1) is 0 Å². The lowest BCUT2D eigenvalue weighted by Crippen LogP contribution is -1.87. The lowest BCUT2D eigenvalue weighted by Gasteiger charge is -2.04. The van der Waals surface area contributed by atoms with Gasteiger partial charge in [-0.1, -0.05) is 19.4 Å². The Balaban J connectivity index is 2.06. The molecule has 82 valence electrons. The van der Waals surface area contributed by atoms with Crippen molar-refractivity contribution in [3.8, 4) is 0 Å². The lowest BCUT2D eigenvalue weighted by atomic mass is 10.0. The minimum absolute atomic E-state index is 0.814. The van der Waals surface area contributed by atoms with Gasteiger partial charge >= 0.3 is 0 Å². The van der Waals surface area contributed by atoms with Crippen molar-refractivity contribution in [1.29, 1.82) is 0 Å². The molecule has 1 aliphatic carbocycles. The van der Waals surface area contributed by atoms with Crippen LogP contribution in [0.15, 0.2) is 30.5 Å². The van der Waals surface area contributed by atoms with Gasteiger partial charge in [-0.05, 0) is 54.5 Å². The summed E-state index contributed by atoms with van der Waals surface area (Å²) in [6.07, 6.45) is 4.58. The summed E-state index contributed by atoms with van der Waals surface area (Å²) in [5, 5.41) is 1.32. The first kappa shape index (κ1) is 9.83.